The van der Waals surface area contributed by atoms with E-state index in [1.807, 2.05) is 0 Å². The highest BCUT2D eigenvalue weighted by atomic mass is 19.4. The molecular formula is C12H12F3NO4. The Morgan fingerprint density at radius 2 is 2.00 bits per heavy atom. The van der Waals surface area contributed by atoms with Gasteiger partial charge in [-0.1, -0.05) is 6.07 Å². The van der Waals surface area contributed by atoms with Gasteiger partial charge in [-0.2, -0.15) is 13.2 Å². The number of ether oxygens (including phenoxy) is 2. The van der Waals surface area contributed by atoms with Crippen molar-refractivity contribution in [1.82, 2.24) is 5.32 Å². The minimum absolute atomic E-state index is 0.176. The summed E-state index contributed by atoms with van der Waals surface area (Å²) in [6, 6.07) is 5.75. The molecule has 0 radical (unpaired) electrons. The highest BCUT2D eigenvalue weighted by molar-refractivity contribution is 5.89. The molecule has 0 aromatic heterocycles. The molecule has 0 aliphatic carbocycles. The lowest BCUT2D eigenvalue weighted by molar-refractivity contribution is -0.139. The van der Waals surface area contributed by atoms with Crippen LogP contribution < -0.4 is 10.1 Å². The van der Waals surface area contributed by atoms with Crippen LogP contribution in [0, 0.1) is 0 Å². The molecule has 0 fully saturated rings. The maximum atomic E-state index is 11.9. The summed E-state index contributed by atoms with van der Waals surface area (Å²) in [5.74, 6) is -1.32. The van der Waals surface area contributed by atoms with Gasteiger partial charge in [0.2, 0.25) is 0 Å². The molecule has 1 amide bonds. The van der Waals surface area contributed by atoms with E-state index in [4.69, 9.17) is 4.74 Å². The number of benzene rings is 1. The van der Waals surface area contributed by atoms with E-state index < -0.39 is 31.2 Å². The summed E-state index contributed by atoms with van der Waals surface area (Å²) in [7, 11) is 1.21. The molecule has 8 heteroatoms. The molecule has 1 N–H and O–H groups in total. The fourth-order valence-corrected chi connectivity index (χ4v) is 1.23. The molecule has 0 saturated carbocycles. The van der Waals surface area contributed by atoms with Gasteiger partial charge in [-0.15, -0.1) is 0 Å². The quantitative estimate of drug-likeness (QED) is 0.836. The van der Waals surface area contributed by atoms with Crippen LogP contribution in [-0.4, -0.2) is 38.3 Å². The van der Waals surface area contributed by atoms with Gasteiger partial charge in [-0.05, 0) is 18.2 Å². The molecule has 0 unspecified atom stereocenters. The molecule has 0 aliphatic heterocycles. The molecule has 5 nitrogen and oxygen atoms in total. The highest BCUT2D eigenvalue weighted by Gasteiger charge is 2.27. The average Bonchev–Trinajstić information content (AvgIpc) is 2.41. The standard InChI is InChI=1S/C12H12F3NO4/c1-19-11(18)8-3-2-4-9(5-8)20-6-10(17)16-7-12(13,14)15/h2-5H,6-7H2,1H3,(H,16,17). The molecule has 110 valence electrons. The molecule has 20 heavy (non-hydrogen) atoms. The number of halogens is 3. The molecular weight excluding hydrogens is 279 g/mol. The van der Waals surface area contributed by atoms with Crippen LogP contribution in [0.15, 0.2) is 24.3 Å². The van der Waals surface area contributed by atoms with E-state index in [1.54, 1.807) is 5.32 Å². The Bertz CT molecular complexity index is 488. The van der Waals surface area contributed by atoms with Crippen molar-refractivity contribution in [2.75, 3.05) is 20.3 Å². The van der Waals surface area contributed by atoms with Crippen molar-refractivity contribution in [3.05, 3.63) is 29.8 Å². The van der Waals surface area contributed by atoms with Gasteiger partial charge in [0.25, 0.3) is 5.91 Å². The third-order valence-corrected chi connectivity index (χ3v) is 2.11. The Morgan fingerprint density at radius 3 is 2.60 bits per heavy atom. The minimum atomic E-state index is -4.47. The van der Waals surface area contributed by atoms with Crippen molar-refractivity contribution >= 4 is 11.9 Å². The first-order valence-corrected chi connectivity index (χ1v) is 5.46. The second-order valence-electron chi connectivity index (χ2n) is 3.70. The highest BCUT2D eigenvalue weighted by Crippen LogP contribution is 2.14. The Labute approximate surface area is 112 Å². The third kappa shape index (κ3) is 5.59. The molecule has 0 bridgehead atoms. The number of esters is 1. The van der Waals surface area contributed by atoms with E-state index in [-0.39, 0.29) is 11.3 Å². The maximum absolute atomic E-state index is 11.9. The van der Waals surface area contributed by atoms with Gasteiger partial charge in [0.15, 0.2) is 6.61 Å². The zero-order chi connectivity index (χ0) is 15.2. The SMILES string of the molecule is COC(=O)c1cccc(OCC(=O)NCC(F)(F)F)c1. The van der Waals surface area contributed by atoms with Gasteiger partial charge in [-0.3, -0.25) is 4.79 Å². The fourth-order valence-electron chi connectivity index (χ4n) is 1.23. The predicted octanol–water partition coefficient (Wildman–Crippen LogP) is 1.53. The van der Waals surface area contributed by atoms with E-state index in [1.165, 1.54) is 31.4 Å². The number of methoxy groups -OCH3 is 1. The van der Waals surface area contributed by atoms with Crippen LogP contribution in [0.2, 0.25) is 0 Å². The molecule has 0 aliphatic rings. The van der Waals surface area contributed by atoms with E-state index in [9.17, 15) is 22.8 Å². The fraction of sp³-hybridized carbons (Fsp3) is 0.333. The first-order chi connectivity index (χ1) is 9.31. The average molecular weight is 291 g/mol. The van der Waals surface area contributed by atoms with E-state index in [0.29, 0.717) is 0 Å². The number of carbonyl (C=O) groups is 2. The van der Waals surface area contributed by atoms with Crippen LogP contribution in [0.25, 0.3) is 0 Å². The summed E-state index contributed by atoms with van der Waals surface area (Å²) in [5, 5.41) is 1.66. The lowest BCUT2D eigenvalue weighted by atomic mass is 10.2. The van der Waals surface area contributed by atoms with Crippen molar-refractivity contribution in [2.45, 2.75) is 6.18 Å². The summed E-state index contributed by atoms with van der Waals surface area (Å²) in [5.41, 5.74) is 0.209. The van der Waals surface area contributed by atoms with Gasteiger partial charge < -0.3 is 14.8 Å². The van der Waals surface area contributed by atoms with Crippen molar-refractivity contribution in [2.24, 2.45) is 0 Å². The zero-order valence-corrected chi connectivity index (χ0v) is 10.5. The van der Waals surface area contributed by atoms with Crippen LogP contribution in [0.4, 0.5) is 13.2 Å². The molecule has 1 aromatic carbocycles. The number of nitrogens with one attached hydrogen (secondary N) is 1. The van der Waals surface area contributed by atoms with Gasteiger partial charge in [0.05, 0.1) is 12.7 Å². The van der Waals surface area contributed by atoms with Gasteiger partial charge >= 0.3 is 12.1 Å². The monoisotopic (exact) mass is 291 g/mol. The van der Waals surface area contributed by atoms with E-state index in [0.717, 1.165) is 0 Å². The normalized spacial score (nSPS) is 10.8. The smallest absolute Gasteiger partial charge is 0.405 e. The Hall–Kier alpha value is -2.25. The number of hydrogen-bond acceptors (Lipinski definition) is 4. The first kappa shape index (κ1) is 15.8. The summed E-state index contributed by atoms with van der Waals surface area (Å²) < 4.78 is 45.0. The summed E-state index contributed by atoms with van der Waals surface area (Å²) in [4.78, 5) is 22.3. The molecule has 0 saturated heterocycles. The Morgan fingerprint density at radius 1 is 1.30 bits per heavy atom. The predicted molar refractivity (Wildman–Crippen MR) is 62.3 cm³/mol. The number of hydrogen-bond donors (Lipinski definition) is 1. The molecule has 0 atom stereocenters. The number of rotatable bonds is 5. The van der Waals surface area contributed by atoms with E-state index in [2.05, 4.69) is 4.74 Å². The lowest BCUT2D eigenvalue weighted by Gasteiger charge is -2.10. The molecule has 1 rings (SSSR count). The van der Waals surface area contributed by atoms with Crippen LogP contribution in [0.3, 0.4) is 0 Å². The largest absolute Gasteiger partial charge is 0.484 e. The van der Waals surface area contributed by atoms with Gasteiger partial charge in [-0.25, -0.2) is 4.79 Å². The van der Waals surface area contributed by atoms with Crippen LogP contribution in [0.5, 0.6) is 5.75 Å². The van der Waals surface area contributed by atoms with Crippen molar-refractivity contribution in [1.29, 1.82) is 0 Å². The van der Waals surface area contributed by atoms with Crippen molar-refractivity contribution in [3.63, 3.8) is 0 Å². The van der Waals surface area contributed by atoms with E-state index >= 15 is 0 Å². The number of carbonyl (C=O) groups excluding carboxylic acids is 2. The maximum Gasteiger partial charge on any atom is 0.405 e. The third-order valence-electron chi connectivity index (χ3n) is 2.11. The van der Waals surface area contributed by atoms with Crippen molar-refractivity contribution < 1.29 is 32.2 Å². The van der Waals surface area contributed by atoms with Gasteiger partial charge in [0.1, 0.15) is 12.3 Å². The minimum Gasteiger partial charge on any atom is -0.484 e. The Kier molecular flexibility index (Phi) is 5.36. The van der Waals surface area contributed by atoms with Crippen LogP contribution >= 0.6 is 0 Å². The molecule has 0 heterocycles. The number of amides is 1. The number of alkyl halides is 3. The Balaban J connectivity index is 2.49. The topological polar surface area (TPSA) is 64.6 Å². The van der Waals surface area contributed by atoms with Crippen LogP contribution in [0.1, 0.15) is 10.4 Å². The van der Waals surface area contributed by atoms with Crippen LogP contribution in [-0.2, 0) is 9.53 Å². The summed E-state index contributed by atoms with van der Waals surface area (Å²) >= 11 is 0. The zero-order valence-electron chi connectivity index (χ0n) is 10.5. The summed E-state index contributed by atoms with van der Waals surface area (Å²) in [6.07, 6.45) is -4.47. The summed E-state index contributed by atoms with van der Waals surface area (Å²) in [6.45, 7) is -2.00. The lowest BCUT2D eigenvalue weighted by Crippen LogP contribution is -2.36. The molecule has 1 aromatic rings. The second-order valence-corrected chi connectivity index (χ2v) is 3.70. The molecule has 0 spiro atoms. The van der Waals surface area contributed by atoms with Crippen molar-refractivity contribution in [3.8, 4) is 5.75 Å². The van der Waals surface area contributed by atoms with Gasteiger partial charge in [0, 0.05) is 0 Å². The second kappa shape index (κ2) is 6.78. The first-order valence-electron chi connectivity index (χ1n) is 5.46.